The number of fused-ring (bicyclic) bond motifs is 2. The van der Waals surface area contributed by atoms with Crippen molar-refractivity contribution in [2.24, 2.45) is 0 Å². The van der Waals surface area contributed by atoms with E-state index in [2.05, 4.69) is 30.2 Å². The summed E-state index contributed by atoms with van der Waals surface area (Å²) >= 11 is 6.67. The molecule has 6 heteroatoms. The highest BCUT2D eigenvalue weighted by Gasteiger charge is 2.27. The maximum atomic E-state index is 6.67. The molecule has 1 aliphatic rings. The van der Waals surface area contributed by atoms with Gasteiger partial charge in [-0.1, -0.05) is 38.3 Å². The third kappa shape index (κ3) is 4.12. The number of benzene rings is 1. The van der Waals surface area contributed by atoms with Crippen LogP contribution in [0.15, 0.2) is 18.2 Å². The summed E-state index contributed by atoms with van der Waals surface area (Å²) in [6.07, 6.45) is 8.01. The smallest absolute Gasteiger partial charge is 0.165 e. The number of rotatable bonds is 9. The lowest BCUT2D eigenvalue weighted by Crippen LogP contribution is -2.29. The maximum absolute atomic E-state index is 6.67. The Hall–Kier alpha value is -2.27. The maximum Gasteiger partial charge on any atom is 0.165 e. The van der Waals surface area contributed by atoms with Crippen LogP contribution in [0.25, 0.3) is 16.8 Å². The van der Waals surface area contributed by atoms with E-state index in [-0.39, 0.29) is 0 Å². The molecule has 1 aliphatic carbocycles. The van der Waals surface area contributed by atoms with Gasteiger partial charge in [0, 0.05) is 29.9 Å². The SMILES string of the molecule is CCCCN(CCCC)c1c2c(nc3c(-c4ccc(OC)cc4Cl)c(C)nn13)CCC2. The fourth-order valence-corrected chi connectivity index (χ4v) is 4.87. The molecule has 4 rings (SSSR count). The van der Waals surface area contributed by atoms with Crippen LogP contribution in [0.3, 0.4) is 0 Å². The van der Waals surface area contributed by atoms with Gasteiger partial charge in [-0.25, -0.2) is 4.98 Å². The van der Waals surface area contributed by atoms with E-state index in [0.29, 0.717) is 5.02 Å². The molecule has 0 atom stereocenters. The van der Waals surface area contributed by atoms with Crippen molar-refractivity contribution in [3.63, 3.8) is 0 Å². The standard InChI is InChI=1S/C25H33ClN4O/c1-5-7-14-29(15-8-6-2)25-20-10-9-11-22(20)27-24-23(17(3)28-30(24)25)19-13-12-18(31-4)16-21(19)26/h12-13,16H,5-11,14-15H2,1-4H3. The molecule has 5 nitrogen and oxygen atoms in total. The van der Waals surface area contributed by atoms with Crippen molar-refractivity contribution in [2.75, 3.05) is 25.1 Å². The number of anilines is 1. The van der Waals surface area contributed by atoms with Crippen molar-refractivity contribution in [1.29, 1.82) is 0 Å². The number of unbranched alkanes of at least 4 members (excludes halogenated alkanes) is 2. The summed E-state index contributed by atoms with van der Waals surface area (Å²) in [4.78, 5) is 7.68. The van der Waals surface area contributed by atoms with Gasteiger partial charge in [-0.15, -0.1) is 0 Å². The summed E-state index contributed by atoms with van der Waals surface area (Å²) in [5.74, 6) is 2.00. The molecule has 1 aromatic carbocycles. The van der Waals surface area contributed by atoms with Crippen molar-refractivity contribution in [1.82, 2.24) is 14.6 Å². The Balaban J connectivity index is 1.92. The third-order valence-corrected chi connectivity index (χ3v) is 6.56. The van der Waals surface area contributed by atoms with Gasteiger partial charge in [0.05, 0.1) is 23.4 Å². The van der Waals surface area contributed by atoms with Gasteiger partial charge in [-0.2, -0.15) is 9.61 Å². The number of nitrogens with zero attached hydrogens (tertiary/aromatic N) is 4. The minimum absolute atomic E-state index is 0.662. The second-order valence-electron chi connectivity index (χ2n) is 8.45. The second-order valence-corrected chi connectivity index (χ2v) is 8.86. The number of ether oxygens (including phenoxy) is 1. The van der Waals surface area contributed by atoms with Crippen molar-refractivity contribution in [3.05, 3.63) is 40.2 Å². The first-order chi connectivity index (χ1) is 15.1. The number of aryl methyl sites for hydroxylation is 2. The summed E-state index contributed by atoms with van der Waals surface area (Å²) in [7, 11) is 1.66. The van der Waals surface area contributed by atoms with Crippen LogP contribution in [-0.4, -0.2) is 34.8 Å². The van der Waals surface area contributed by atoms with Crippen molar-refractivity contribution in [3.8, 4) is 16.9 Å². The van der Waals surface area contributed by atoms with Crippen LogP contribution in [0.5, 0.6) is 5.75 Å². The monoisotopic (exact) mass is 440 g/mol. The average molecular weight is 441 g/mol. The highest BCUT2D eigenvalue weighted by atomic mass is 35.5. The molecular weight excluding hydrogens is 408 g/mol. The molecule has 0 saturated carbocycles. The zero-order chi connectivity index (χ0) is 22.0. The lowest BCUT2D eigenvalue weighted by Gasteiger charge is -2.27. The molecule has 0 fully saturated rings. The zero-order valence-corrected chi connectivity index (χ0v) is 19.9. The Morgan fingerprint density at radius 2 is 1.87 bits per heavy atom. The number of aromatic nitrogens is 3. The van der Waals surface area contributed by atoms with Gasteiger partial charge in [-0.3, -0.25) is 0 Å². The first kappa shape index (κ1) is 21.9. The van der Waals surface area contributed by atoms with E-state index in [4.69, 9.17) is 26.4 Å². The van der Waals surface area contributed by atoms with Crippen LogP contribution in [0.4, 0.5) is 5.82 Å². The number of methoxy groups -OCH3 is 1. The largest absolute Gasteiger partial charge is 0.497 e. The molecule has 2 aromatic heterocycles. The summed E-state index contributed by atoms with van der Waals surface area (Å²) in [6.45, 7) is 8.68. The molecule has 0 saturated heterocycles. The molecule has 0 unspecified atom stereocenters. The summed E-state index contributed by atoms with van der Waals surface area (Å²) in [5, 5.41) is 5.67. The quantitative estimate of drug-likeness (QED) is 0.393. The topological polar surface area (TPSA) is 42.7 Å². The van der Waals surface area contributed by atoms with Crippen LogP contribution >= 0.6 is 11.6 Å². The van der Waals surface area contributed by atoms with Gasteiger partial charge >= 0.3 is 0 Å². The average Bonchev–Trinajstić information content (AvgIpc) is 3.36. The number of hydrogen-bond donors (Lipinski definition) is 0. The van der Waals surface area contributed by atoms with Crippen molar-refractivity contribution < 1.29 is 4.74 Å². The van der Waals surface area contributed by atoms with Gasteiger partial charge < -0.3 is 9.64 Å². The van der Waals surface area contributed by atoms with Crippen LogP contribution in [-0.2, 0) is 12.8 Å². The van der Waals surface area contributed by atoms with Crippen LogP contribution in [0.2, 0.25) is 5.02 Å². The zero-order valence-electron chi connectivity index (χ0n) is 19.2. The van der Waals surface area contributed by atoms with Gasteiger partial charge in [0.1, 0.15) is 11.6 Å². The molecule has 0 amide bonds. The van der Waals surface area contributed by atoms with Gasteiger partial charge in [-0.05, 0) is 57.2 Å². The molecule has 0 N–H and O–H groups in total. The minimum atomic E-state index is 0.662. The Kier molecular flexibility index (Phi) is 6.71. The fraction of sp³-hybridized carbons (Fsp3) is 0.520. The number of hydrogen-bond acceptors (Lipinski definition) is 4. The molecule has 0 spiro atoms. The normalized spacial score (nSPS) is 13.1. The predicted octanol–water partition coefficient (Wildman–Crippen LogP) is 6.26. The van der Waals surface area contributed by atoms with Gasteiger partial charge in [0.15, 0.2) is 5.65 Å². The molecule has 0 aliphatic heterocycles. The van der Waals surface area contributed by atoms with Gasteiger partial charge in [0.25, 0.3) is 0 Å². The Morgan fingerprint density at radius 3 is 2.52 bits per heavy atom. The number of halogens is 1. The third-order valence-electron chi connectivity index (χ3n) is 6.24. The Bertz CT molecular complexity index is 1070. The van der Waals surface area contributed by atoms with E-state index < -0.39 is 0 Å². The van der Waals surface area contributed by atoms with Crippen molar-refractivity contribution >= 4 is 23.1 Å². The molecule has 0 bridgehead atoms. The molecule has 31 heavy (non-hydrogen) atoms. The van der Waals surface area contributed by atoms with E-state index in [1.165, 1.54) is 42.8 Å². The van der Waals surface area contributed by atoms with Crippen LogP contribution < -0.4 is 9.64 Å². The Morgan fingerprint density at radius 1 is 1.13 bits per heavy atom. The van der Waals surface area contributed by atoms with E-state index >= 15 is 0 Å². The Labute approximate surface area is 190 Å². The lowest BCUT2D eigenvalue weighted by molar-refractivity contribution is 0.415. The van der Waals surface area contributed by atoms with E-state index in [9.17, 15) is 0 Å². The predicted molar refractivity (Wildman–Crippen MR) is 129 cm³/mol. The van der Waals surface area contributed by atoms with E-state index in [0.717, 1.165) is 60.6 Å². The highest BCUT2D eigenvalue weighted by Crippen LogP contribution is 2.39. The van der Waals surface area contributed by atoms with Crippen LogP contribution in [0, 0.1) is 6.92 Å². The lowest BCUT2D eigenvalue weighted by atomic mass is 10.1. The molecular formula is C25H33ClN4O. The molecule has 3 aromatic rings. The molecule has 2 heterocycles. The van der Waals surface area contributed by atoms with Crippen LogP contribution in [0.1, 0.15) is 62.9 Å². The van der Waals surface area contributed by atoms with Crippen molar-refractivity contribution in [2.45, 2.75) is 65.7 Å². The highest BCUT2D eigenvalue weighted by molar-refractivity contribution is 6.33. The molecule has 166 valence electrons. The summed E-state index contributed by atoms with van der Waals surface area (Å²) in [5.41, 5.74) is 6.46. The minimum Gasteiger partial charge on any atom is -0.497 e. The first-order valence-electron chi connectivity index (χ1n) is 11.6. The summed E-state index contributed by atoms with van der Waals surface area (Å²) < 4.78 is 7.44. The van der Waals surface area contributed by atoms with E-state index in [1.54, 1.807) is 7.11 Å². The summed E-state index contributed by atoms with van der Waals surface area (Å²) in [6, 6.07) is 5.84. The fourth-order valence-electron chi connectivity index (χ4n) is 4.60. The van der Waals surface area contributed by atoms with E-state index in [1.807, 2.05) is 18.2 Å². The first-order valence-corrected chi connectivity index (χ1v) is 12.0. The van der Waals surface area contributed by atoms with Gasteiger partial charge in [0.2, 0.25) is 0 Å². The molecule has 0 radical (unpaired) electrons. The second kappa shape index (κ2) is 9.47.